The maximum atomic E-state index is 10.8. The predicted octanol–water partition coefficient (Wildman–Crippen LogP) is 1.24. The number of hydrogen-bond acceptors (Lipinski definition) is 4. The van der Waals surface area contributed by atoms with Crippen molar-refractivity contribution in [3.8, 4) is 0 Å². The average Bonchev–Trinajstić information content (AvgIpc) is 2.28. The lowest BCUT2D eigenvalue weighted by molar-refractivity contribution is -0.135. The number of benzene rings is 1. The maximum absolute atomic E-state index is 10.8. The number of carbonyl (C=O) groups is 1. The minimum absolute atomic E-state index is 0.156. The molecule has 6 heteroatoms. The van der Waals surface area contributed by atoms with E-state index in [4.69, 9.17) is 21.4 Å². The van der Waals surface area contributed by atoms with Gasteiger partial charge in [0.2, 0.25) is 0 Å². The van der Waals surface area contributed by atoms with Crippen molar-refractivity contribution in [3.63, 3.8) is 0 Å². The molecular formula is C12H16ClNO4. The van der Waals surface area contributed by atoms with Crippen LogP contribution in [-0.4, -0.2) is 49.1 Å². The summed E-state index contributed by atoms with van der Waals surface area (Å²) in [5.74, 6) is -0.963. The highest BCUT2D eigenvalue weighted by Gasteiger charge is 2.15. The zero-order valence-electron chi connectivity index (χ0n) is 10.0. The van der Waals surface area contributed by atoms with Crippen LogP contribution >= 0.6 is 11.6 Å². The number of aliphatic hydroxyl groups is 1. The first-order valence-electron chi connectivity index (χ1n) is 5.42. The van der Waals surface area contributed by atoms with Gasteiger partial charge in [0.05, 0.1) is 12.7 Å². The van der Waals surface area contributed by atoms with Crippen LogP contribution in [0.25, 0.3) is 0 Å². The van der Waals surface area contributed by atoms with Crippen molar-refractivity contribution in [2.45, 2.75) is 6.10 Å². The molecule has 0 aromatic heterocycles. The Hall–Kier alpha value is -1.30. The number of rotatable bonds is 7. The molecule has 18 heavy (non-hydrogen) atoms. The minimum atomic E-state index is -0.963. The third-order valence-corrected chi connectivity index (χ3v) is 2.56. The highest BCUT2D eigenvalue weighted by Crippen LogP contribution is 2.18. The van der Waals surface area contributed by atoms with Gasteiger partial charge in [0.25, 0.3) is 0 Å². The second-order valence-electron chi connectivity index (χ2n) is 3.86. The van der Waals surface area contributed by atoms with E-state index in [2.05, 4.69) is 0 Å². The lowest BCUT2D eigenvalue weighted by atomic mass is 10.2. The fourth-order valence-electron chi connectivity index (χ4n) is 1.58. The van der Waals surface area contributed by atoms with Gasteiger partial charge in [-0.1, -0.05) is 11.6 Å². The zero-order chi connectivity index (χ0) is 13.5. The van der Waals surface area contributed by atoms with Crippen molar-refractivity contribution >= 4 is 23.3 Å². The van der Waals surface area contributed by atoms with E-state index in [9.17, 15) is 9.90 Å². The average molecular weight is 274 g/mol. The second kappa shape index (κ2) is 7.20. The number of hydrogen-bond donors (Lipinski definition) is 2. The predicted molar refractivity (Wildman–Crippen MR) is 69.2 cm³/mol. The summed E-state index contributed by atoms with van der Waals surface area (Å²) in [5, 5.41) is 19.1. The molecule has 5 nitrogen and oxygen atoms in total. The van der Waals surface area contributed by atoms with E-state index in [-0.39, 0.29) is 19.7 Å². The van der Waals surface area contributed by atoms with Crippen molar-refractivity contribution in [1.82, 2.24) is 0 Å². The number of methoxy groups -OCH3 is 1. The molecule has 1 rings (SSSR count). The normalized spacial score (nSPS) is 12.2. The van der Waals surface area contributed by atoms with Crippen LogP contribution in [0.2, 0.25) is 5.02 Å². The summed E-state index contributed by atoms with van der Waals surface area (Å²) in [4.78, 5) is 12.4. The summed E-state index contributed by atoms with van der Waals surface area (Å²) >= 11 is 5.77. The molecule has 0 heterocycles. The van der Waals surface area contributed by atoms with Gasteiger partial charge in [-0.25, -0.2) is 0 Å². The summed E-state index contributed by atoms with van der Waals surface area (Å²) < 4.78 is 4.82. The molecule has 0 aliphatic carbocycles. The van der Waals surface area contributed by atoms with Crippen LogP contribution in [0.3, 0.4) is 0 Å². The molecule has 0 bridgehead atoms. The van der Waals surface area contributed by atoms with E-state index in [1.54, 1.807) is 29.2 Å². The summed E-state index contributed by atoms with van der Waals surface area (Å²) in [6.07, 6.45) is -0.745. The first-order chi connectivity index (χ1) is 8.52. The fraction of sp³-hybridized carbons (Fsp3) is 0.417. The molecule has 0 saturated carbocycles. The molecule has 0 radical (unpaired) electrons. The number of aliphatic carboxylic acids is 1. The lowest BCUT2D eigenvalue weighted by Gasteiger charge is -2.25. The quantitative estimate of drug-likeness (QED) is 0.782. The van der Waals surface area contributed by atoms with Crippen LogP contribution in [0.4, 0.5) is 5.69 Å². The van der Waals surface area contributed by atoms with Crippen LogP contribution in [-0.2, 0) is 9.53 Å². The largest absolute Gasteiger partial charge is 0.480 e. The standard InChI is InChI=1S/C12H16ClNO4/c1-18-8-11(15)6-14(7-12(16)17)10-4-2-9(13)3-5-10/h2-5,11,15H,6-8H2,1H3,(H,16,17). The van der Waals surface area contributed by atoms with Gasteiger partial charge in [-0.3, -0.25) is 4.79 Å². The van der Waals surface area contributed by atoms with E-state index in [1.165, 1.54) is 7.11 Å². The Bertz CT molecular complexity index is 382. The summed E-state index contributed by atoms with van der Waals surface area (Å²) in [6.45, 7) is 0.147. The van der Waals surface area contributed by atoms with E-state index < -0.39 is 12.1 Å². The van der Waals surface area contributed by atoms with E-state index in [0.29, 0.717) is 10.7 Å². The molecular weight excluding hydrogens is 258 g/mol. The monoisotopic (exact) mass is 273 g/mol. The number of ether oxygens (including phenoxy) is 1. The Morgan fingerprint density at radius 2 is 2.06 bits per heavy atom. The number of carboxylic acids is 1. The van der Waals surface area contributed by atoms with Crippen molar-refractivity contribution in [2.75, 3.05) is 31.7 Å². The minimum Gasteiger partial charge on any atom is -0.480 e. The first kappa shape index (κ1) is 14.8. The Balaban J connectivity index is 2.77. The SMILES string of the molecule is COCC(O)CN(CC(=O)O)c1ccc(Cl)cc1. The molecule has 0 saturated heterocycles. The Labute approximate surface area is 111 Å². The van der Waals surface area contributed by atoms with E-state index in [0.717, 1.165) is 0 Å². The van der Waals surface area contributed by atoms with E-state index >= 15 is 0 Å². The number of aliphatic hydroxyl groups excluding tert-OH is 1. The fourth-order valence-corrected chi connectivity index (χ4v) is 1.70. The smallest absolute Gasteiger partial charge is 0.323 e. The first-order valence-corrected chi connectivity index (χ1v) is 5.80. The van der Waals surface area contributed by atoms with Crippen LogP contribution in [0.5, 0.6) is 0 Å². The molecule has 0 fully saturated rings. The lowest BCUT2D eigenvalue weighted by Crippen LogP contribution is -2.38. The van der Waals surface area contributed by atoms with Gasteiger partial charge in [0, 0.05) is 24.4 Å². The highest BCUT2D eigenvalue weighted by molar-refractivity contribution is 6.30. The van der Waals surface area contributed by atoms with Crippen molar-refractivity contribution in [2.24, 2.45) is 0 Å². The third kappa shape index (κ3) is 4.91. The number of carboxylic acid groups (broad SMARTS) is 1. The topological polar surface area (TPSA) is 70.0 Å². The Morgan fingerprint density at radius 3 is 2.56 bits per heavy atom. The van der Waals surface area contributed by atoms with Crippen LogP contribution in [0.1, 0.15) is 0 Å². The molecule has 1 unspecified atom stereocenters. The molecule has 0 aliphatic rings. The number of anilines is 1. The van der Waals surface area contributed by atoms with Crippen molar-refractivity contribution in [1.29, 1.82) is 0 Å². The molecule has 1 aromatic carbocycles. The Kier molecular flexibility index (Phi) is 5.91. The van der Waals surface area contributed by atoms with E-state index in [1.807, 2.05) is 0 Å². The van der Waals surface area contributed by atoms with Crippen molar-refractivity contribution in [3.05, 3.63) is 29.3 Å². The van der Waals surface area contributed by atoms with Crippen LogP contribution in [0.15, 0.2) is 24.3 Å². The summed E-state index contributed by atoms with van der Waals surface area (Å²) in [6, 6.07) is 6.78. The van der Waals surface area contributed by atoms with Gasteiger partial charge >= 0.3 is 5.97 Å². The molecule has 0 aliphatic heterocycles. The van der Waals surface area contributed by atoms with Crippen LogP contribution in [0, 0.1) is 0 Å². The summed E-state index contributed by atoms with van der Waals surface area (Å²) in [7, 11) is 1.48. The van der Waals surface area contributed by atoms with Crippen LogP contribution < -0.4 is 4.90 Å². The van der Waals surface area contributed by atoms with Crippen molar-refractivity contribution < 1.29 is 19.7 Å². The summed E-state index contributed by atoms with van der Waals surface area (Å²) in [5.41, 5.74) is 0.692. The molecule has 2 N–H and O–H groups in total. The zero-order valence-corrected chi connectivity index (χ0v) is 10.8. The van der Waals surface area contributed by atoms with Gasteiger partial charge < -0.3 is 19.8 Å². The van der Waals surface area contributed by atoms with Gasteiger partial charge in [-0.05, 0) is 24.3 Å². The third-order valence-electron chi connectivity index (χ3n) is 2.31. The molecule has 100 valence electrons. The number of nitrogens with zero attached hydrogens (tertiary/aromatic N) is 1. The molecule has 0 amide bonds. The molecule has 0 spiro atoms. The van der Waals surface area contributed by atoms with Gasteiger partial charge in [-0.2, -0.15) is 0 Å². The van der Waals surface area contributed by atoms with Gasteiger partial charge in [-0.15, -0.1) is 0 Å². The number of halogens is 1. The molecule has 1 atom stereocenters. The van der Waals surface area contributed by atoms with Gasteiger partial charge in [0.15, 0.2) is 0 Å². The highest BCUT2D eigenvalue weighted by atomic mass is 35.5. The second-order valence-corrected chi connectivity index (χ2v) is 4.30. The Morgan fingerprint density at radius 1 is 1.44 bits per heavy atom. The molecule has 1 aromatic rings. The maximum Gasteiger partial charge on any atom is 0.323 e. The van der Waals surface area contributed by atoms with Gasteiger partial charge in [0.1, 0.15) is 6.54 Å².